The van der Waals surface area contributed by atoms with E-state index < -0.39 is 29.3 Å². The first-order chi connectivity index (χ1) is 9.35. The third kappa shape index (κ3) is 8.88. The van der Waals surface area contributed by atoms with Crippen molar-refractivity contribution in [3.8, 4) is 0 Å². The Balaban J connectivity index is 4.77. The Bertz CT molecular complexity index is 394. The highest BCUT2D eigenvalue weighted by atomic mass is 16.6. The molecular weight excluding hydrogens is 274 g/mol. The lowest BCUT2D eigenvalue weighted by atomic mass is 10.2. The fraction of sp³-hybridized carbons (Fsp3) is 0.714. The van der Waals surface area contributed by atoms with Gasteiger partial charge in [0.15, 0.2) is 0 Å². The average Bonchev–Trinajstić information content (AvgIpc) is 2.19. The normalized spacial score (nSPS) is 11.6. The molecule has 0 aliphatic rings. The Morgan fingerprint density at radius 1 is 1.10 bits per heavy atom. The van der Waals surface area contributed by atoms with Crippen LogP contribution in [-0.4, -0.2) is 40.8 Å². The molecule has 0 saturated carbocycles. The van der Waals surface area contributed by atoms with Gasteiger partial charge in [-0.2, -0.15) is 0 Å². The second kappa shape index (κ2) is 7.28. The van der Waals surface area contributed by atoms with E-state index in [9.17, 15) is 9.59 Å². The minimum Gasteiger partial charge on any atom is -0.444 e. The van der Waals surface area contributed by atoms with E-state index in [-0.39, 0.29) is 6.54 Å². The lowest BCUT2D eigenvalue weighted by molar-refractivity contribution is 0.0359. The fourth-order valence-corrected chi connectivity index (χ4v) is 1.24. The van der Waals surface area contributed by atoms with Gasteiger partial charge >= 0.3 is 12.2 Å². The first kappa shape index (κ1) is 19.2. The third-order valence-corrected chi connectivity index (χ3v) is 1.88. The van der Waals surface area contributed by atoms with Gasteiger partial charge in [0.25, 0.3) is 0 Å². The molecule has 1 radical (unpaired) electrons. The number of hydrogen-bond acceptors (Lipinski definition) is 5. The Kier molecular flexibility index (Phi) is 6.66. The molecule has 121 valence electrons. The molecule has 0 fully saturated rings. The second-order valence-electron chi connectivity index (χ2n) is 6.46. The van der Waals surface area contributed by atoms with Gasteiger partial charge in [-0.1, -0.05) is 6.92 Å². The maximum atomic E-state index is 12.0. The van der Waals surface area contributed by atoms with Gasteiger partial charge in [0, 0.05) is 6.54 Å². The van der Waals surface area contributed by atoms with Gasteiger partial charge in [-0.05, 0) is 48.0 Å². The van der Waals surface area contributed by atoms with Crippen LogP contribution >= 0.6 is 0 Å². The zero-order valence-corrected chi connectivity index (χ0v) is 13.7. The second-order valence-corrected chi connectivity index (χ2v) is 6.46. The van der Waals surface area contributed by atoms with Gasteiger partial charge in [-0.3, -0.25) is 10.7 Å². The summed E-state index contributed by atoms with van der Waals surface area (Å²) in [6.07, 6.45) is -1.14. The molecule has 21 heavy (non-hydrogen) atoms. The first-order valence-corrected chi connectivity index (χ1v) is 6.74. The van der Waals surface area contributed by atoms with Crippen molar-refractivity contribution in [1.29, 1.82) is 5.41 Å². The summed E-state index contributed by atoms with van der Waals surface area (Å²) in [6.45, 7) is 14.1. The van der Waals surface area contributed by atoms with Gasteiger partial charge in [0.1, 0.15) is 11.2 Å². The summed E-state index contributed by atoms with van der Waals surface area (Å²) in [5, 5.41) is 10.0. The van der Waals surface area contributed by atoms with Crippen LogP contribution in [0.5, 0.6) is 0 Å². The summed E-state index contributed by atoms with van der Waals surface area (Å²) in [6, 6.07) is 0. The number of guanidine groups is 1. The van der Waals surface area contributed by atoms with Gasteiger partial charge in [0.2, 0.25) is 5.96 Å². The first-order valence-electron chi connectivity index (χ1n) is 6.74. The van der Waals surface area contributed by atoms with Crippen molar-refractivity contribution < 1.29 is 19.1 Å². The third-order valence-electron chi connectivity index (χ3n) is 1.88. The number of amides is 2. The predicted octanol–water partition coefficient (Wildman–Crippen LogP) is 2.91. The molecule has 0 heterocycles. The van der Waals surface area contributed by atoms with E-state index >= 15 is 0 Å². The number of nitrogens with one attached hydrogen (secondary N) is 2. The summed E-state index contributed by atoms with van der Waals surface area (Å²) in [5.74, 6) is -0.401. The van der Waals surface area contributed by atoms with E-state index in [1.165, 1.54) is 0 Å². The molecule has 0 rings (SSSR count). The predicted molar refractivity (Wildman–Crippen MR) is 80.0 cm³/mol. The lowest BCUT2D eigenvalue weighted by Gasteiger charge is -2.27. The number of carbonyl (C=O) groups is 2. The van der Waals surface area contributed by atoms with Crippen LogP contribution in [0.25, 0.3) is 0 Å². The molecule has 0 bridgehead atoms. The van der Waals surface area contributed by atoms with Gasteiger partial charge < -0.3 is 9.47 Å². The molecular formula is C14H26N3O4. The molecule has 0 aromatic heterocycles. The molecule has 2 N–H and O–H groups in total. The van der Waals surface area contributed by atoms with Crippen molar-refractivity contribution in [1.82, 2.24) is 10.2 Å². The van der Waals surface area contributed by atoms with E-state index in [4.69, 9.17) is 14.9 Å². The maximum absolute atomic E-state index is 12.0. The van der Waals surface area contributed by atoms with E-state index in [1.54, 1.807) is 41.5 Å². The molecule has 0 aliphatic carbocycles. The molecule has 0 spiro atoms. The smallest absolute Gasteiger partial charge is 0.417 e. The Labute approximate surface area is 126 Å². The molecule has 7 heteroatoms. The fourth-order valence-electron chi connectivity index (χ4n) is 1.24. The van der Waals surface area contributed by atoms with Crippen LogP contribution in [0, 0.1) is 12.3 Å². The monoisotopic (exact) mass is 300 g/mol. The van der Waals surface area contributed by atoms with Crippen molar-refractivity contribution in [2.45, 2.75) is 59.2 Å². The van der Waals surface area contributed by atoms with Crippen LogP contribution < -0.4 is 5.32 Å². The summed E-state index contributed by atoms with van der Waals surface area (Å²) in [5.41, 5.74) is -1.38. The van der Waals surface area contributed by atoms with E-state index in [0.717, 1.165) is 4.90 Å². The van der Waals surface area contributed by atoms with Crippen molar-refractivity contribution in [3.63, 3.8) is 0 Å². The standard InChI is InChI=1S/C14H26N3O4/c1-8-9-17(12(19)21-14(5,6)7)10(15)16-11(18)20-13(2,3)4/h1,8-9H2,2-7H3,(H2,15,16,18). The molecule has 2 amide bonds. The average molecular weight is 300 g/mol. The summed E-state index contributed by atoms with van der Waals surface area (Å²) in [4.78, 5) is 24.6. The van der Waals surface area contributed by atoms with Crippen molar-refractivity contribution in [3.05, 3.63) is 6.92 Å². The molecule has 0 atom stereocenters. The largest absolute Gasteiger partial charge is 0.444 e. The van der Waals surface area contributed by atoms with Crippen LogP contribution in [0.15, 0.2) is 0 Å². The molecule has 0 aromatic carbocycles. The Morgan fingerprint density at radius 3 is 1.95 bits per heavy atom. The molecule has 0 saturated heterocycles. The number of ether oxygens (including phenoxy) is 2. The van der Waals surface area contributed by atoms with Crippen LogP contribution in [0.2, 0.25) is 0 Å². The van der Waals surface area contributed by atoms with E-state index in [1.807, 2.05) is 0 Å². The highest BCUT2D eigenvalue weighted by Crippen LogP contribution is 2.11. The highest BCUT2D eigenvalue weighted by Gasteiger charge is 2.26. The topological polar surface area (TPSA) is 91.7 Å². The summed E-state index contributed by atoms with van der Waals surface area (Å²) >= 11 is 0. The number of alkyl carbamates (subject to hydrolysis) is 1. The number of rotatable bonds is 2. The van der Waals surface area contributed by atoms with Crippen molar-refractivity contribution in [2.75, 3.05) is 6.54 Å². The highest BCUT2D eigenvalue weighted by molar-refractivity contribution is 5.99. The van der Waals surface area contributed by atoms with Crippen molar-refractivity contribution in [2.24, 2.45) is 0 Å². The lowest BCUT2D eigenvalue weighted by Crippen LogP contribution is -2.49. The number of hydrogen-bond donors (Lipinski definition) is 2. The zero-order valence-electron chi connectivity index (χ0n) is 13.7. The summed E-state index contributed by atoms with van der Waals surface area (Å²) < 4.78 is 10.2. The van der Waals surface area contributed by atoms with Crippen LogP contribution in [-0.2, 0) is 9.47 Å². The Morgan fingerprint density at radius 2 is 1.57 bits per heavy atom. The minimum atomic E-state index is -0.801. The van der Waals surface area contributed by atoms with Crippen molar-refractivity contribution >= 4 is 18.1 Å². The van der Waals surface area contributed by atoms with Crippen LogP contribution in [0.1, 0.15) is 48.0 Å². The molecule has 7 nitrogen and oxygen atoms in total. The van der Waals surface area contributed by atoms with Gasteiger partial charge in [-0.25, -0.2) is 14.5 Å². The Hall–Kier alpha value is -1.79. The molecule has 0 unspecified atom stereocenters. The zero-order chi connectivity index (χ0) is 16.8. The van der Waals surface area contributed by atoms with Gasteiger partial charge in [-0.15, -0.1) is 0 Å². The maximum Gasteiger partial charge on any atom is 0.417 e. The van der Waals surface area contributed by atoms with Crippen LogP contribution in [0.3, 0.4) is 0 Å². The summed E-state index contributed by atoms with van der Waals surface area (Å²) in [7, 11) is 0. The molecule has 0 aromatic rings. The minimum absolute atomic E-state index is 0.156. The molecule has 0 aliphatic heterocycles. The van der Waals surface area contributed by atoms with E-state index in [2.05, 4.69) is 12.2 Å². The SMILES string of the molecule is [CH2]CCN(C(=N)NC(=O)OC(C)(C)C)C(=O)OC(C)(C)C. The van der Waals surface area contributed by atoms with Gasteiger partial charge in [0.05, 0.1) is 0 Å². The quantitative estimate of drug-likeness (QED) is 0.606. The van der Waals surface area contributed by atoms with E-state index in [0.29, 0.717) is 6.42 Å². The van der Waals surface area contributed by atoms with Crippen LogP contribution in [0.4, 0.5) is 9.59 Å². The number of carbonyl (C=O) groups excluding carboxylic acids is 2. The number of nitrogens with zero attached hydrogens (tertiary/aromatic N) is 1.